The minimum atomic E-state index is -0.381. The number of hydrogen-bond acceptors (Lipinski definition) is 5. The number of benzene rings is 3. The SMILES string of the molecule is O=[N+]([O-])c1cc2c(cc1CNC(Cc1ccccc1)c1ccccc1)OCO2. The van der Waals surface area contributed by atoms with Crippen LogP contribution in [-0.4, -0.2) is 11.7 Å². The highest BCUT2D eigenvalue weighted by Crippen LogP contribution is 2.38. The van der Waals surface area contributed by atoms with E-state index in [2.05, 4.69) is 29.6 Å². The van der Waals surface area contributed by atoms with Crippen molar-refractivity contribution in [1.29, 1.82) is 0 Å². The minimum absolute atomic E-state index is 0.0219. The Labute approximate surface area is 162 Å². The smallest absolute Gasteiger partial charge is 0.277 e. The van der Waals surface area contributed by atoms with Gasteiger partial charge < -0.3 is 14.8 Å². The fraction of sp³-hybridized carbons (Fsp3) is 0.182. The number of nitro groups is 1. The Morgan fingerprint density at radius 2 is 1.61 bits per heavy atom. The fourth-order valence-electron chi connectivity index (χ4n) is 3.36. The lowest BCUT2D eigenvalue weighted by Gasteiger charge is -2.20. The third-order valence-corrected chi connectivity index (χ3v) is 4.79. The molecule has 0 spiro atoms. The van der Waals surface area contributed by atoms with Gasteiger partial charge in [0.1, 0.15) is 0 Å². The molecule has 3 aromatic rings. The van der Waals surface area contributed by atoms with Crippen molar-refractivity contribution in [3.63, 3.8) is 0 Å². The third-order valence-electron chi connectivity index (χ3n) is 4.79. The average molecular weight is 376 g/mol. The van der Waals surface area contributed by atoms with Gasteiger partial charge in [0.2, 0.25) is 6.79 Å². The molecule has 28 heavy (non-hydrogen) atoms. The molecule has 0 amide bonds. The molecule has 4 rings (SSSR count). The van der Waals surface area contributed by atoms with Crippen LogP contribution in [0.15, 0.2) is 72.8 Å². The molecule has 0 saturated heterocycles. The van der Waals surface area contributed by atoms with E-state index in [4.69, 9.17) is 9.47 Å². The van der Waals surface area contributed by atoms with E-state index in [0.29, 0.717) is 23.6 Å². The van der Waals surface area contributed by atoms with Crippen molar-refractivity contribution in [3.05, 3.63) is 99.6 Å². The van der Waals surface area contributed by atoms with E-state index < -0.39 is 0 Å². The van der Waals surface area contributed by atoms with Gasteiger partial charge in [0.25, 0.3) is 5.69 Å². The molecule has 1 heterocycles. The second kappa shape index (κ2) is 8.10. The molecule has 3 aromatic carbocycles. The van der Waals surface area contributed by atoms with Gasteiger partial charge in [0, 0.05) is 18.2 Å². The summed E-state index contributed by atoms with van der Waals surface area (Å²) in [6.45, 7) is 0.434. The zero-order valence-corrected chi connectivity index (χ0v) is 15.2. The number of rotatable bonds is 7. The van der Waals surface area contributed by atoms with Crippen LogP contribution in [0.2, 0.25) is 0 Å². The summed E-state index contributed by atoms with van der Waals surface area (Å²) in [4.78, 5) is 11.1. The molecule has 6 heteroatoms. The first-order valence-electron chi connectivity index (χ1n) is 9.10. The lowest BCUT2D eigenvalue weighted by Crippen LogP contribution is -2.23. The van der Waals surface area contributed by atoms with Gasteiger partial charge in [-0.05, 0) is 23.6 Å². The van der Waals surface area contributed by atoms with Gasteiger partial charge >= 0.3 is 0 Å². The number of ether oxygens (including phenoxy) is 2. The molecule has 142 valence electrons. The predicted octanol–water partition coefficient (Wildman–Crippen LogP) is 4.40. The first-order valence-corrected chi connectivity index (χ1v) is 9.10. The summed E-state index contributed by atoms with van der Waals surface area (Å²) in [5.74, 6) is 0.959. The highest BCUT2D eigenvalue weighted by Gasteiger charge is 2.24. The van der Waals surface area contributed by atoms with E-state index in [1.807, 2.05) is 36.4 Å². The van der Waals surface area contributed by atoms with Crippen molar-refractivity contribution in [3.8, 4) is 11.5 Å². The molecule has 0 aliphatic carbocycles. The third kappa shape index (κ3) is 3.97. The van der Waals surface area contributed by atoms with Crippen LogP contribution in [0.25, 0.3) is 0 Å². The summed E-state index contributed by atoms with van der Waals surface area (Å²) in [6, 6.07) is 23.4. The molecule has 0 bridgehead atoms. The van der Waals surface area contributed by atoms with Crippen LogP contribution in [0.3, 0.4) is 0 Å². The van der Waals surface area contributed by atoms with E-state index in [9.17, 15) is 10.1 Å². The predicted molar refractivity (Wildman–Crippen MR) is 105 cm³/mol. The van der Waals surface area contributed by atoms with Crippen LogP contribution in [0, 0.1) is 10.1 Å². The number of hydrogen-bond donors (Lipinski definition) is 1. The van der Waals surface area contributed by atoms with E-state index in [0.717, 1.165) is 12.0 Å². The van der Waals surface area contributed by atoms with Gasteiger partial charge in [-0.15, -0.1) is 0 Å². The van der Waals surface area contributed by atoms with E-state index >= 15 is 0 Å². The molecular weight excluding hydrogens is 356 g/mol. The van der Waals surface area contributed by atoms with Gasteiger partial charge in [-0.2, -0.15) is 0 Å². The lowest BCUT2D eigenvalue weighted by molar-refractivity contribution is -0.385. The molecule has 1 unspecified atom stereocenters. The molecule has 0 aromatic heterocycles. The number of nitrogens with zero attached hydrogens (tertiary/aromatic N) is 1. The summed E-state index contributed by atoms with van der Waals surface area (Å²) in [7, 11) is 0. The number of nitrogens with one attached hydrogen (secondary N) is 1. The summed E-state index contributed by atoms with van der Waals surface area (Å²) >= 11 is 0. The van der Waals surface area contributed by atoms with Crippen LogP contribution in [0.1, 0.15) is 22.7 Å². The number of nitro benzene ring substituents is 1. The largest absolute Gasteiger partial charge is 0.454 e. The Balaban J connectivity index is 1.59. The zero-order valence-electron chi connectivity index (χ0n) is 15.2. The highest BCUT2D eigenvalue weighted by molar-refractivity contribution is 5.55. The van der Waals surface area contributed by atoms with Crippen molar-refractivity contribution in [1.82, 2.24) is 5.32 Å². The normalized spacial score (nSPS) is 13.3. The monoisotopic (exact) mass is 376 g/mol. The second-order valence-corrected chi connectivity index (χ2v) is 6.63. The molecular formula is C22H20N2O4. The molecule has 0 saturated carbocycles. The lowest BCUT2D eigenvalue weighted by atomic mass is 9.98. The van der Waals surface area contributed by atoms with E-state index in [1.165, 1.54) is 11.6 Å². The maximum absolute atomic E-state index is 11.5. The maximum Gasteiger partial charge on any atom is 0.277 e. The zero-order chi connectivity index (χ0) is 19.3. The summed E-state index contributed by atoms with van der Waals surface area (Å²) in [5, 5.41) is 15.0. The van der Waals surface area contributed by atoms with E-state index in [1.54, 1.807) is 6.07 Å². The van der Waals surface area contributed by atoms with Crippen LogP contribution >= 0.6 is 0 Å². The summed E-state index contributed by atoms with van der Waals surface area (Å²) in [6.07, 6.45) is 0.781. The molecule has 1 aliphatic rings. The van der Waals surface area contributed by atoms with Crippen LogP contribution in [0.5, 0.6) is 11.5 Å². The van der Waals surface area contributed by atoms with Gasteiger partial charge in [-0.1, -0.05) is 60.7 Å². The first kappa shape index (κ1) is 18.0. The Bertz CT molecular complexity index is 961. The van der Waals surface area contributed by atoms with Crippen LogP contribution < -0.4 is 14.8 Å². The Morgan fingerprint density at radius 3 is 2.29 bits per heavy atom. The van der Waals surface area contributed by atoms with Gasteiger partial charge in [0.15, 0.2) is 11.5 Å². The number of fused-ring (bicyclic) bond motifs is 1. The first-order chi connectivity index (χ1) is 13.7. The van der Waals surface area contributed by atoms with E-state index in [-0.39, 0.29) is 23.4 Å². The Kier molecular flexibility index (Phi) is 5.21. The Hall–Kier alpha value is -3.38. The van der Waals surface area contributed by atoms with Crippen molar-refractivity contribution in [2.24, 2.45) is 0 Å². The van der Waals surface area contributed by atoms with Crippen molar-refractivity contribution >= 4 is 5.69 Å². The van der Waals surface area contributed by atoms with Gasteiger partial charge in [-0.3, -0.25) is 10.1 Å². The second-order valence-electron chi connectivity index (χ2n) is 6.63. The van der Waals surface area contributed by atoms with Crippen molar-refractivity contribution in [2.45, 2.75) is 19.0 Å². The molecule has 0 radical (unpaired) electrons. The standard InChI is InChI=1S/C22H20N2O4/c25-24(26)20-13-22-21(27-15-28-22)12-18(20)14-23-19(17-9-5-2-6-10-17)11-16-7-3-1-4-8-16/h1-10,12-13,19,23H,11,14-15H2. The highest BCUT2D eigenvalue weighted by atomic mass is 16.7. The molecule has 1 aliphatic heterocycles. The average Bonchev–Trinajstić information content (AvgIpc) is 3.19. The van der Waals surface area contributed by atoms with Gasteiger partial charge in [-0.25, -0.2) is 0 Å². The quantitative estimate of drug-likeness (QED) is 0.489. The topological polar surface area (TPSA) is 73.6 Å². The minimum Gasteiger partial charge on any atom is -0.454 e. The maximum atomic E-state index is 11.5. The van der Waals surface area contributed by atoms with Gasteiger partial charge in [0.05, 0.1) is 11.0 Å². The van der Waals surface area contributed by atoms with Crippen LogP contribution in [0.4, 0.5) is 5.69 Å². The van der Waals surface area contributed by atoms with Crippen molar-refractivity contribution < 1.29 is 14.4 Å². The van der Waals surface area contributed by atoms with Crippen LogP contribution in [-0.2, 0) is 13.0 Å². The molecule has 1 atom stereocenters. The van der Waals surface area contributed by atoms with Crippen molar-refractivity contribution in [2.75, 3.05) is 6.79 Å². The fourth-order valence-corrected chi connectivity index (χ4v) is 3.36. The Morgan fingerprint density at radius 1 is 0.964 bits per heavy atom. The molecule has 6 nitrogen and oxygen atoms in total. The molecule has 1 N–H and O–H groups in total. The summed E-state index contributed by atoms with van der Waals surface area (Å²) in [5.41, 5.74) is 2.94. The molecule has 0 fully saturated rings. The summed E-state index contributed by atoms with van der Waals surface area (Å²) < 4.78 is 10.7.